The number of aromatic nitrogens is 1. The van der Waals surface area contributed by atoms with Gasteiger partial charge in [0.1, 0.15) is 5.82 Å². The van der Waals surface area contributed by atoms with Gasteiger partial charge in [0.25, 0.3) is 5.91 Å². The Morgan fingerprint density at radius 2 is 2.00 bits per heavy atom. The summed E-state index contributed by atoms with van der Waals surface area (Å²) in [7, 11) is 0. The van der Waals surface area contributed by atoms with E-state index in [0.717, 1.165) is 29.3 Å². The second-order valence-corrected chi connectivity index (χ2v) is 6.31. The normalized spacial score (nSPS) is 17.7. The molecule has 4 heteroatoms. The molecule has 2 aromatic rings. The zero-order valence-corrected chi connectivity index (χ0v) is 13.1. The molecule has 0 aliphatic carbocycles. The average molecular weight is 310 g/mol. The van der Waals surface area contributed by atoms with Crippen LogP contribution in [-0.4, -0.2) is 28.4 Å². The first-order valence-electron chi connectivity index (χ1n) is 7.40. The zero-order chi connectivity index (χ0) is 15.2. The quantitative estimate of drug-likeness (QED) is 0.809. The maximum Gasteiger partial charge on any atom is 0.252 e. The van der Waals surface area contributed by atoms with E-state index in [-0.39, 0.29) is 11.9 Å². The molecule has 2 heterocycles. The molecule has 0 radical (unpaired) electrons. The van der Waals surface area contributed by atoms with Gasteiger partial charge in [-0.15, -0.1) is 0 Å². The molecule has 0 spiro atoms. The third-order valence-electron chi connectivity index (χ3n) is 3.62. The highest BCUT2D eigenvalue weighted by Crippen LogP contribution is 2.26. The van der Waals surface area contributed by atoms with Gasteiger partial charge in [-0.25, -0.2) is 4.98 Å². The fraction of sp³-hybridized carbons (Fsp3) is 0.222. The van der Waals surface area contributed by atoms with E-state index >= 15 is 0 Å². The summed E-state index contributed by atoms with van der Waals surface area (Å²) in [6.07, 6.45) is 6.26. The van der Waals surface area contributed by atoms with E-state index in [1.807, 2.05) is 71.3 Å². The number of amides is 1. The molecule has 1 fully saturated rings. The van der Waals surface area contributed by atoms with Crippen LogP contribution in [0.2, 0.25) is 0 Å². The number of anilines is 1. The maximum atomic E-state index is 12.7. The van der Waals surface area contributed by atoms with E-state index in [9.17, 15) is 4.79 Å². The highest BCUT2D eigenvalue weighted by molar-refractivity contribution is 7.99. The van der Waals surface area contributed by atoms with Crippen molar-refractivity contribution >= 4 is 29.6 Å². The Morgan fingerprint density at radius 3 is 2.68 bits per heavy atom. The molecule has 1 aromatic heterocycles. The Morgan fingerprint density at radius 1 is 1.18 bits per heavy atom. The lowest BCUT2D eigenvalue weighted by Crippen LogP contribution is -2.40. The molecule has 1 amide bonds. The molecule has 1 unspecified atom stereocenters. The molecular formula is C18H18N2OS. The largest absolute Gasteiger partial charge is 0.289 e. The van der Waals surface area contributed by atoms with Gasteiger partial charge in [0.2, 0.25) is 0 Å². The summed E-state index contributed by atoms with van der Waals surface area (Å²) in [5.74, 6) is 2.80. The molecule has 0 bridgehead atoms. The topological polar surface area (TPSA) is 33.2 Å². The summed E-state index contributed by atoms with van der Waals surface area (Å²) < 4.78 is 0. The van der Waals surface area contributed by atoms with Gasteiger partial charge in [-0.05, 0) is 35.9 Å². The first-order valence-corrected chi connectivity index (χ1v) is 8.55. The highest BCUT2D eigenvalue weighted by Gasteiger charge is 2.27. The van der Waals surface area contributed by atoms with Crippen LogP contribution in [0.25, 0.3) is 6.08 Å². The third kappa shape index (κ3) is 3.57. The first kappa shape index (κ1) is 14.9. The van der Waals surface area contributed by atoms with Crippen molar-refractivity contribution in [1.82, 2.24) is 4.98 Å². The number of carbonyl (C=O) groups excluding carboxylic acids is 1. The molecular weight excluding hydrogens is 292 g/mol. The average Bonchev–Trinajstić information content (AvgIpc) is 3.09. The highest BCUT2D eigenvalue weighted by atomic mass is 32.2. The smallest absolute Gasteiger partial charge is 0.252 e. The van der Waals surface area contributed by atoms with Crippen molar-refractivity contribution in [3.63, 3.8) is 0 Å². The summed E-state index contributed by atoms with van der Waals surface area (Å²) in [6.45, 7) is 0. The standard InChI is InChI=1S/C18H18N2OS/c21-18(10-9-15-6-2-1-3-7-15)20(16-11-13-22-14-16)17-8-4-5-12-19-17/h1-10,12,16H,11,13-14H2. The molecule has 0 N–H and O–H groups in total. The zero-order valence-electron chi connectivity index (χ0n) is 12.3. The van der Waals surface area contributed by atoms with E-state index in [1.54, 1.807) is 12.3 Å². The summed E-state index contributed by atoms with van der Waals surface area (Å²) in [5, 5.41) is 0. The summed E-state index contributed by atoms with van der Waals surface area (Å²) in [5.41, 5.74) is 1.03. The van der Waals surface area contributed by atoms with Crippen LogP contribution in [0.4, 0.5) is 5.82 Å². The summed E-state index contributed by atoms with van der Waals surface area (Å²) in [6, 6.07) is 15.8. The van der Waals surface area contributed by atoms with Crippen molar-refractivity contribution in [2.24, 2.45) is 0 Å². The van der Waals surface area contributed by atoms with Crippen molar-refractivity contribution in [2.45, 2.75) is 12.5 Å². The minimum absolute atomic E-state index is 0.00458. The van der Waals surface area contributed by atoms with Crippen LogP contribution >= 0.6 is 11.8 Å². The molecule has 0 saturated carbocycles. The lowest BCUT2D eigenvalue weighted by atomic mass is 10.2. The van der Waals surface area contributed by atoms with Gasteiger partial charge in [0.05, 0.1) is 0 Å². The van der Waals surface area contributed by atoms with E-state index < -0.39 is 0 Å². The lowest BCUT2D eigenvalue weighted by Gasteiger charge is -2.26. The van der Waals surface area contributed by atoms with Gasteiger partial charge >= 0.3 is 0 Å². The van der Waals surface area contributed by atoms with Crippen molar-refractivity contribution in [3.8, 4) is 0 Å². The molecule has 3 rings (SSSR count). The van der Waals surface area contributed by atoms with Crippen molar-refractivity contribution in [1.29, 1.82) is 0 Å². The molecule has 1 aromatic carbocycles. The predicted molar refractivity (Wildman–Crippen MR) is 92.9 cm³/mol. The minimum atomic E-state index is -0.00458. The number of pyridine rings is 1. The van der Waals surface area contributed by atoms with Crippen molar-refractivity contribution in [3.05, 3.63) is 66.4 Å². The fourth-order valence-corrected chi connectivity index (χ4v) is 3.71. The summed E-state index contributed by atoms with van der Waals surface area (Å²) in [4.78, 5) is 18.9. The number of rotatable bonds is 4. The molecule has 1 atom stereocenters. The number of nitrogens with zero attached hydrogens (tertiary/aromatic N) is 2. The number of benzene rings is 1. The van der Waals surface area contributed by atoms with Crippen LogP contribution < -0.4 is 4.90 Å². The Kier molecular flexibility index (Phi) is 4.91. The van der Waals surface area contributed by atoms with Crippen LogP contribution in [0, 0.1) is 0 Å². The van der Waals surface area contributed by atoms with E-state index in [0.29, 0.717) is 0 Å². The molecule has 1 aliphatic rings. The number of hydrogen-bond acceptors (Lipinski definition) is 3. The van der Waals surface area contributed by atoms with E-state index in [2.05, 4.69) is 4.98 Å². The van der Waals surface area contributed by atoms with Crippen LogP contribution in [0.5, 0.6) is 0 Å². The second kappa shape index (κ2) is 7.27. The lowest BCUT2D eigenvalue weighted by molar-refractivity contribution is -0.114. The van der Waals surface area contributed by atoms with Crippen LogP contribution in [0.3, 0.4) is 0 Å². The molecule has 22 heavy (non-hydrogen) atoms. The molecule has 112 valence electrons. The number of thioether (sulfide) groups is 1. The van der Waals surface area contributed by atoms with Gasteiger partial charge < -0.3 is 0 Å². The first-order chi connectivity index (χ1) is 10.8. The Hall–Kier alpha value is -2.07. The van der Waals surface area contributed by atoms with Gasteiger partial charge in [0, 0.05) is 24.1 Å². The maximum absolute atomic E-state index is 12.7. The van der Waals surface area contributed by atoms with Gasteiger partial charge in [-0.2, -0.15) is 11.8 Å². The molecule has 3 nitrogen and oxygen atoms in total. The monoisotopic (exact) mass is 310 g/mol. The number of hydrogen-bond donors (Lipinski definition) is 0. The Bertz CT molecular complexity index is 637. The van der Waals surface area contributed by atoms with Crippen LogP contribution in [0.1, 0.15) is 12.0 Å². The Balaban J connectivity index is 1.82. The van der Waals surface area contributed by atoms with Crippen molar-refractivity contribution in [2.75, 3.05) is 16.4 Å². The van der Waals surface area contributed by atoms with E-state index in [4.69, 9.17) is 0 Å². The minimum Gasteiger partial charge on any atom is -0.289 e. The molecule has 1 saturated heterocycles. The van der Waals surface area contributed by atoms with E-state index in [1.165, 1.54) is 0 Å². The van der Waals surface area contributed by atoms with Gasteiger partial charge in [-0.1, -0.05) is 36.4 Å². The second-order valence-electron chi connectivity index (χ2n) is 5.16. The van der Waals surface area contributed by atoms with Crippen LogP contribution in [-0.2, 0) is 4.79 Å². The fourth-order valence-electron chi connectivity index (χ4n) is 2.51. The predicted octanol–water partition coefficient (Wildman–Crippen LogP) is 3.63. The Labute approximate surface area is 135 Å². The van der Waals surface area contributed by atoms with Gasteiger partial charge in [0.15, 0.2) is 0 Å². The SMILES string of the molecule is O=C(C=Cc1ccccc1)N(c1ccccn1)C1CCSC1. The van der Waals surface area contributed by atoms with Crippen molar-refractivity contribution < 1.29 is 4.79 Å². The number of carbonyl (C=O) groups is 1. The summed E-state index contributed by atoms with van der Waals surface area (Å²) >= 11 is 1.89. The molecule has 1 aliphatic heterocycles. The third-order valence-corrected chi connectivity index (χ3v) is 4.77. The van der Waals surface area contributed by atoms with Crippen LogP contribution in [0.15, 0.2) is 60.8 Å². The van der Waals surface area contributed by atoms with Gasteiger partial charge in [-0.3, -0.25) is 9.69 Å².